The van der Waals surface area contributed by atoms with E-state index in [0.717, 1.165) is 128 Å². The van der Waals surface area contributed by atoms with Crippen molar-refractivity contribution in [3.63, 3.8) is 0 Å². The maximum absolute atomic E-state index is 12.9. The molecule has 0 aliphatic rings. The fourth-order valence-corrected chi connectivity index (χ4v) is 9.63. The van der Waals surface area contributed by atoms with Crippen LogP contribution in [0.1, 0.15) is 329 Å². The Morgan fingerprint density at radius 1 is 0.259 bits per heavy atom. The smallest absolute Gasteiger partial charge is 0.306 e. The first-order chi connectivity index (χ1) is 40.0. The minimum absolute atomic E-state index is 0.0885. The summed E-state index contributed by atoms with van der Waals surface area (Å²) in [7, 11) is 0. The summed E-state index contributed by atoms with van der Waals surface area (Å²) in [5.41, 5.74) is 0. The van der Waals surface area contributed by atoms with Crippen LogP contribution in [-0.4, -0.2) is 37.2 Å². The molecule has 1 unspecified atom stereocenters. The van der Waals surface area contributed by atoms with E-state index in [4.69, 9.17) is 14.2 Å². The SMILES string of the molecule is CC/C=C\C/C=C\C/C=C\C/C=C\C/C=C\C/C=C\C/C=C\C/C=C\CCCCCCC(=O)OCC(COC(=O)CCCCCCC/C=C\CCCCCCC)OC(=O)CCCCCCCCCCCCCCCCCCCCCC. The van der Waals surface area contributed by atoms with Crippen molar-refractivity contribution >= 4 is 17.9 Å². The molecule has 6 nitrogen and oxygen atoms in total. The zero-order valence-corrected chi connectivity index (χ0v) is 53.3. The predicted molar refractivity (Wildman–Crippen MR) is 353 cm³/mol. The van der Waals surface area contributed by atoms with Crippen LogP contribution in [0.25, 0.3) is 0 Å². The summed E-state index contributed by atoms with van der Waals surface area (Å²) >= 11 is 0. The van der Waals surface area contributed by atoms with Crippen LogP contribution in [0.2, 0.25) is 0 Å². The van der Waals surface area contributed by atoms with Crippen LogP contribution >= 0.6 is 0 Å². The summed E-state index contributed by atoms with van der Waals surface area (Å²) in [6.45, 7) is 6.53. The van der Waals surface area contributed by atoms with Gasteiger partial charge in [-0.25, -0.2) is 0 Å². The number of esters is 3. The molecule has 0 radical (unpaired) electrons. The normalized spacial score (nSPS) is 12.8. The number of hydrogen-bond acceptors (Lipinski definition) is 6. The lowest BCUT2D eigenvalue weighted by atomic mass is 10.0. The van der Waals surface area contributed by atoms with Gasteiger partial charge in [0.1, 0.15) is 13.2 Å². The van der Waals surface area contributed by atoms with Crippen LogP contribution < -0.4 is 0 Å². The first-order valence-electron chi connectivity index (χ1n) is 34.4. The summed E-state index contributed by atoms with van der Waals surface area (Å²) in [6.07, 6.45) is 93.9. The van der Waals surface area contributed by atoms with Crippen molar-refractivity contribution < 1.29 is 28.6 Å². The molecule has 0 aliphatic carbocycles. The van der Waals surface area contributed by atoms with E-state index in [9.17, 15) is 14.4 Å². The molecule has 0 bridgehead atoms. The Balaban J connectivity index is 4.38. The van der Waals surface area contributed by atoms with Gasteiger partial charge in [0, 0.05) is 19.3 Å². The van der Waals surface area contributed by atoms with E-state index in [1.165, 1.54) is 161 Å². The molecule has 81 heavy (non-hydrogen) atoms. The van der Waals surface area contributed by atoms with Crippen molar-refractivity contribution in [1.29, 1.82) is 0 Å². The molecule has 0 aliphatic heterocycles. The molecule has 0 heterocycles. The van der Waals surface area contributed by atoms with Crippen LogP contribution in [0.4, 0.5) is 0 Å². The van der Waals surface area contributed by atoms with Crippen molar-refractivity contribution in [3.8, 4) is 0 Å². The van der Waals surface area contributed by atoms with E-state index in [0.29, 0.717) is 19.3 Å². The molecule has 0 amide bonds. The highest BCUT2D eigenvalue weighted by Crippen LogP contribution is 2.17. The number of ether oxygens (including phenoxy) is 3. The zero-order valence-electron chi connectivity index (χ0n) is 53.3. The molecule has 0 saturated heterocycles. The quantitative estimate of drug-likeness (QED) is 0.0261. The monoisotopic (exact) mass is 1120 g/mol. The maximum Gasteiger partial charge on any atom is 0.306 e. The molecule has 464 valence electrons. The topological polar surface area (TPSA) is 78.9 Å². The van der Waals surface area contributed by atoms with Gasteiger partial charge in [0.15, 0.2) is 6.10 Å². The molecule has 0 saturated carbocycles. The van der Waals surface area contributed by atoms with Crippen molar-refractivity contribution in [1.82, 2.24) is 0 Å². The fraction of sp³-hybridized carbons (Fsp3) is 0.720. The second-order valence-electron chi connectivity index (χ2n) is 22.7. The second kappa shape index (κ2) is 68.6. The summed E-state index contributed by atoms with van der Waals surface area (Å²) in [5.74, 6) is -0.908. The highest BCUT2D eigenvalue weighted by atomic mass is 16.6. The number of allylic oxidation sites excluding steroid dienone is 18. The van der Waals surface area contributed by atoms with Gasteiger partial charge < -0.3 is 14.2 Å². The number of rotatable bonds is 62. The average molecular weight is 1130 g/mol. The molecule has 0 rings (SSSR count). The summed E-state index contributed by atoms with van der Waals surface area (Å²) in [4.78, 5) is 38.4. The highest BCUT2D eigenvalue weighted by molar-refractivity contribution is 5.71. The Morgan fingerprint density at radius 2 is 0.481 bits per heavy atom. The van der Waals surface area contributed by atoms with E-state index in [2.05, 4.69) is 130 Å². The lowest BCUT2D eigenvalue weighted by Crippen LogP contribution is -2.30. The second-order valence-corrected chi connectivity index (χ2v) is 22.7. The van der Waals surface area contributed by atoms with Gasteiger partial charge in [0.05, 0.1) is 0 Å². The van der Waals surface area contributed by atoms with E-state index in [-0.39, 0.29) is 31.1 Å². The number of unbranched alkanes of at least 4 members (excludes halogenated alkanes) is 33. The summed E-state index contributed by atoms with van der Waals surface area (Å²) < 4.78 is 16.9. The summed E-state index contributed by atoms with van der Waals surface area (Å²) in [5, 5.41) is 0. The molecular formula is C75H128O6. The first-order valence-corrected chi connectivity index (χ1v) is 34.4. The number of carbonyl (C=O) groups excluding carboxylic acids is 3. The van der Waals surface area contributed by atoms with Gasteiger partial charge in [-0.15, -0.1) is 0 Å². The minimum atomic E-state index is -0.793. The molecular weight excluding hydrogens is 997 g/mol. The van der Waals surface area contributed by atoms with Crippen LogP contribution in [0.5, 0.6) is 0 Å². The van der Waals surface area contributed by atoms with Crippen molar-refractivity contribution in [3.05, 3.63) is 109 Å². The minimum Gasteiger partial charge on any atom is -0.462 e. The van der Waals surface area contributed by atoms with E-state index < -0.39 is 6.10 Å². The predicted octanol–water partition coefficient (Wildman–Crippen LogP) is 23.8. The third-order valence-corrected chi connectivity index (χ3v) is 14.8. The highest BCUT2D eigenvalue weighted by Gasteiger charge is 2.19. The van der Waals surface area contributed by atoms with Crippen molar-refractivity contribution in [2.75, 3.05) is 13.2 Å². The largest absolute Gasteiger partial charge is 0.462 e. The van der Waals surface area contributed by atoms with Crippen molar-refractivity contribution in [2.24, 2.45) is 0 Å². The Labute approximate surface area is 501 Å². The van der Waals surface area contributed by atoms with E-state index >= 15 is 0 Å². The molecule has 6 heteroatoms. The van der Waals surface area contributed by atoms with Gasteiger partial charge >= 0.3 is 17.9 Å². The fourth-order valence-electron chi connectivity index (χ4n) is 9.63. The Morgan fingerprint density at radius 3 is 0.765 bits per heavy atom. The lowest BCUT2D eigenvalue weighted by molar-refractivity contribution is -0.167. The van der Waals surface area contributed by atoms with Crippen molar-refractivity contribution in [2.45, 2.75) is 335 Å². The van der Waals surface area contributed by atoms with Crippen LogP contribution in [-0.2, 0) is 28.6 Å². The van der Waals surface area contributed by atoms with Gasteiger partial charge in [0.2, 0.25) is 0 Å². The number of hydrogen-bond donors (Lipinski definition) is 0. The van der Waals surface area contributed by atoms with Crippen LogP contribution in [0.3, 0.4) is 0 Å². The molecule has 0 aromatic rings. The molecule has 1 atom stereocenters. The lowest BCUT2D eigenvalue weighted by Gasteiger charge is -2.18. The molecule has 0 spiro atoms. The Kier molecular flexibility index (Phi) is 65.2. The zero-order chi connectivity index (χ0) is 58.5. The Bertz CT molecular complexity index is 1620. The average Bonchev–Trinajstić information content (AvgIpc) is 3.47. The Hall–Kier alpha value is -3.93. The third kappa shape index (κ3) is 66.8. The van der Waals surface area contributed by atoms with Crippen LogP contribution in [0, 0.1) is 0 Å². The van der Waals surface area contributed by atoms with Crippen LogP contribution in [0.15, 0.2) is 109 Å². The van der Waals surface area contributed by atoms with Gasteiger partial charge in [-0.1, -0.05) is 310 Å². The van der Waals surface area contributed by atoms with Gasteiger partial charge in [0.25, 0.3) is 0 Å². The number of carbonyl (C=O) groups is 3. The van der Waals surface area contributed by atoms with Gasteiger partial charge in [-0.3, -0.25) is 14.4 Å². The van der Waals surface area contributed by atoms with E-state index in [1.807, 2.05) is 0 Å². The third-order valence-electron chi connectivity index (χ3n) is 14.8. The maximum atomic E-state index is 12.9. The standard InChI is InChI=1S/C75H128O6/c1-4-7-10-13-16-19-22-25-28-30-32-34-35-36-37-38-39-40-41-42-44-45-47-50-53-56-59-62-65-68-74(77)80-71-72(70-79-73(76)67-64-61-58-55-52-49-27-24-21-18-15-12-9-6-3)81-75(78)69-66-63-60-57-54-51-48-46-43-33-31-29-26-23-20-17-14-11-8-5-2/h7,10,16,19,24-25,27-28,32,34,36-37,39-40,42,44,47,50,72H,4-6,8-9,11-15,17-18,20-23,26,29-31,33,35,38,41,43,45-46,48-49,51-71H2,1-3H3/b10-7-,19-16-,27-24-,28-25-,34-32-,37-36-,40-39-,44-42-,50-47-. The van der Waals surface area contributed by atoms with Gasteiger partial charge in [-0.05, 0) is 109 Å². The molecule has 0 aromatic heterocycles. The first kappa shape index (κ1) is 77.1. The molecule has 0 aromatic carbocycles. The van der Waals surface area contributed by atoms with Gasteiger partial charge in [-0.2, -0.15) is 0 Å². The summed E-state index contributed by atoms with van der Waals surface area (Å²) in [6, 6.07) is 0. The molecule has 0 fully saturated rings. The van der Waals surface area contributed by atoms with E-state index in [1.54, 1.807) is 0 Å². The molecule has 0 N–H and O–H groups in total.